The van der Waals surface area contributed by atoms with Gasteiger partial charge in [0.1, 0.15) is 11.5 Å². The monoisotopic (exact) mass is 258 g/mol. The van der Waals surface area contributed by atoms with Crippen molar-refractivity contribution in [2.45, 2.75) is 26.2 Å². The van der Waals surface area contributed by atoms with Crippen LogP contribution in [-0.4, -0.2) is 10.9 Å². The lowest BCUT2D eigenvalue weighted by atomic mass is 10.1. The van der Waals surface area contributed by atoms with E-state index in [0.717, 1.165) is 11.3 Å². The summed E-state index contributed by atoms with van der Waals surface area (Å²) in [6.45, 7) is 4.16. The number of phenols is 1. The highest BCUT2D eigenvalue weighted by molar-refractivity contribution is 9.10. The molecule has 1 heterocycles. The molecule has 3 nitrogen and oxygen atoms in total. The third-order valence-corrected chi connectivity index (χ3v) is 2.98. The van der Waals surface area contributed by atoms with E-state index >= 15 is 0 Å². The van der Waals surface area contributed by atoms with Gasteiger partial charge < -0.3 is 14.6 Å². The quantitative estimate of drug-likeness (QED) is 0.778. The van der Waals surface area contributed by atoms with Crippen molar-refractivity contribution in [3.05, 3.63) is 22.2 Å². The molecule has 1 N–H and O–H groups in total. The molecule has 2 rings (SSSR count). The highest BCUT2D eigenvalue weighted by atomic mass is 79.9. The number of rotatable bonds is 0. The highest BCUT2D eigenvalue weighted by Gasteiger charge is 2.29. The van der Waals surface area contributed by atoms with Crippen molar-refractivity contribution >= 4 is 15.9 Å². The van der Waals surface area contributed by atoms with Crippen LogP contribution in [0.15, 0.2) is 16.6 Å². The molecule has 1 aromatic rings. The van der Waals surface area contributed by atoms with E-state index in [4.69, 9.17) is 9.47 Å². The second-order valence-corrected chi connectivity index (χ2v) is 4.46. The Kier molecular flexibility index (Phi) is 2.20. The van der Waals surface area contributed by atoms with E-state index in [2.05, 4.69) is 15.9 Å². The van der Waals surface area contributed by atoms with Crippen LogP contribution in [0.25, 0.3) is 0 Å². The molecule has 0 atom stereocenters. The number of phenolic OH excluding ortho intramolecular Hbond substituents is 1. The SMILES string of the molecule is CC1(C)OCc2c(ccc(O)c2Br)O1. The van der Waals surface area contributed by atoms with Crippen LogP contribution in [0.2, 0.25) is 0 Å². The first-order valence-corrected chi connectivity index (χ1v) is 5.12. The number of hydrogen-bond acceptors (Lipinski definition) is 3. The van der Waals surface area contributed by atoms with Crippen LogP contribution in [0.5, 0.6) is 11.5 Å². The molecule has 76 valence electrons. The highest BCUT2D eigenvalue weighted by Crippen LogP contribution is 2.39. The largest absolute Gasteiger partial charge is 0.507 e. The van der Waals surface area contributed by atoms with Crippen molar-refractivity contribution in [3.63, 3.8) is 0 Å². The smallest absolute Gasteiger partial charge is 0.205 e. The third-order valence-electron chi connectivity index (χ3n) is 2.10. The molecular formula is C10H11BrO3. The molecule has 0 radical (unpaired) electrons. The summed E-state index contributed by atoms with van der Waals surface area (Å²) in [6, 6.07) is 3.35. The van der Waals surface area contributed by atoms with Crippen LogP contribution in [0.3, 0.4) is 0 Å². The predicted molar refractivity (Wildman–Crippen MR) is 55.3 cm³/mol. The molecule has 0 aliphatic carbocycles. The Morgan fingerprint density at radius 1 is 1.43 bits per heavy atom. The zero-order valence-electron chi connectivity index (χ0n) is 8.00. The van der Waals surface area contributed by atoms with E-state index in [-0.39, 0.29) is 5.75 Å². The summed E-state index contributed by atoms with van der Waals surface area (Å²) in [5.41, 5.74) is 0.851. The topological polar surface area (TPSA) is 38.7 Å². The molecule has 4 heteroatoms. The summed E-state index contributed by atoms with van der Waals surface area (Å²) in [5.74, 6) is 0.366. The van der Waals surface area contributed by atoms with E-state index in [0.29, 0.717) is 11.1 Å². The Morgan fingerprint density at radius 2 is 2.14 bits per heavy atom. The van der Waals surface area contributed by atoms with Crippen LogP contribution < -0.4 is 4.74 Å². The Morgan fingerprint density at radius 3 is 2.86 bits per heavy atom. The zero-order valence-corrected chi connectivity index (χ0v) is 9.59. The summed E-state index contributed by atoms with van der Waals surface area (Å²) in [4.78, 5) is 0. The first-order chi connectivity index (χ1) is 6.49. The second-order valence-electron chi connectivity index (χ2n) is 3.67. The van der Waals surface area contributed by atoms with Gasteiger partial charge in [0.15, 0.2) is 0 Å². The number of benzene rings is 1. The van der Waals surface area contributed by atoms with Gasteiger partial charge in [0.2, 0.25) is 5.79 Å². The fraction of sp³-hybridized carbons (Fsp3) is 0.400. The lowest BCUT2D eigenvalue weighted by Gasteiger charge is -2.33. The molecule has 1 aliphatic rings. The Balaban J connectivity index is 2.46. The van der Waals surface area contributed by atoms with Crippen LogP contribution in [-0.2, 0) is 11.3 Å². The van der Waals surface area contributed by atoms with E-state index in [1.807, 2.05) is 13.8 Å². The van der Waals surface area contributed by atoms with Gasteiger partial charge in [0.05, 0.1) is 11.1 Å². The van der Waals surface area contributed by atoms with Gasteiger partial charge in [-0.05, 0) is 28.1 Å². The zero-order chi connectivity index (χ0) is 10.3. The van der Waals surface area contributed by atoms with Gasteiger partial charge in [-0.25, -0.2) is 0 Å². The molecule has 0 spiro atoms. The van der Waals surface area contributed by atoms with Crippen LogP contribution in [0.1, 0.15) is 19.4 Å². The maximum atomic E-state index is 9.45. The summed E-state index contributed by atoms with van der Waals surface area (Å²) < 4.78 is 11.7. The van der Waals surface area contributed by atoms with E-state index in [1.54, 1.807) is 12.1 Å². The number of aromatic hydroxyl groups is 1. The number of hydrogen-bond donors (Lipinski definition) is 1. The number of fused-ring (bicyclic) bond motifs is 1. The predicted octanol–water partition coefficient (Wildman–Crippen LogP) is 2.80. The maximum Gasteiger partial charge on any atom is 0.205 e. The van der Waals surface area contributed by atoms with Crippen LogP contribution >= 0.6 is 15.9 Å². The van der Waals surface area contributed by atoms with Crippen LogP contribution in [0, 0.1) is 0 Å². The molecule has 0 bridgehead atoms. The third kappa shape index (κ3) is 1.60. The van der Waals surface area contributed by atoms with Crippen molar-refractivity contribution in [1.82, 2.24) is 0 Å². The van der Waals surface area contributed by atoms with Gasteiger partial charge in [-0.15, -0.1) is 0 Å². The normalized spacial score (nSPS) is 18.5. The molecule has 0 fully saturated rings. The summed E-state index contributed by atoms with van der Waals surface area (Å²) in [6.07, 6.45) is 0. The minimum atomic E-state index is -0.594. The molecule has 0 aromatic heterocycles. The fourth-order valence-electron chi connectivity index (χ4n) is 1.36. The molecule has 0 saturated carbocycles. The van der Waals surface area contributed by atoms with Crippen LogP contribution in [0.4, 0.5) is 0 Å². The molecule has 0 saturated heterocycles. The van der Waals surface area contributed by atoms with Gasteiger partial charge in [-0.1, -0.05) is 0 Å². The lowest BCUT2D eigenvalue weighted by molar-refractivity contribution is -0.180. The van der Waals surface area contributed by atoms with Gasteiger partial charge in [-0.2, -0.15) is 0 Å². The molecule has 1 aromatic carbocycles. The van der Waals surface area contributed by atoms with Gasteiger partial charge in [0, 0.05) is 19.4 Å². The van der Waals surface area contributed by atoms with Crippen molar-refractivity contribution in [1.29, 1.82) is 0 Å². The Hall–Kier alpha value is -0.740. The Bertz CT molecular complexity index is 374. The first kappa shape index (κ1) is 9.80. The Labute approximate surface area is 90.8 Å². The average Bonchev–Trinajstić information content (AvgIpc) is 2.10. The summed E-state index contributed by atoms with van der Waals surface area (Å²) >= 11 is 3.29. The summed E-state index contributed by atoms with van der Waals surface area (Å²) in [7, 11) is 0. The molecular weight excluding hydrogens is 248 g/mol. The molecule has 1 aliphatic heterocycles. The van der Waals surface area contributed by atoms with Crippen molar-refractivity contribution in [2.24, 2.45) is 0 Å². The standard InChI is InChI=1S/C10H11BrO3/c1-10(2)13-5-6-8(14-10)4-3-7(12)9(6)11/h3-4,12H,5H2,1-2H3. The van der Waals surface area contributed by atoms with Crippen molar-refractivity contribution in [3.8, 4) is 11.5 Å². The first-order valence-electron chi connectivity index (χ1n) is 4.33. The van der Waals surface area contributed by atoms with E-state index in [9.17, 15) is 5.11 Å². The van der Waals surface area contributed by atoms with Crippen molar-refractivity contribution in [2.75, 3.05) is 0 Å². The van der Waals surface area contributed by atoms with Gasteiger partial charge >= 0.3 is 0 Å². The minimum absolute atomic E-state index is 0.204. The molecule has 14 heavy (non-hydrogen) atoms. The van der Waals surface area contributed by atoms with E-state index < -0.39 is 5.79 Å². The van der Waals surface area contributed by atoms with Crippen molar-refractivity contribution < 1.29 is 14.6 Å². The average molecular weight is 259 g/mol. The molecule has 0 unspecified atom stereocenters. The lowest BCUT2D eigenvalue weighted by Crippen LogP contribution is -2.35. The fourth-order valence-corrected chi connectivity index (χ4v) is 1.80. The minimum Gasteiger partial charge on any atom is -0.507 e. The maximum absolute atomic E-state index is 9.45. The second kappa shape index (κ2) is 3.14. The van der Waals surface area contributed by atoms with Gasteiger partial charge in [-0.3, -0.25) is 0 Å². The van der Waals surface area contributed by atoms with Gasteiger partial charge in [0.25, 0.3) is 0 Å². The number of ether oxygens (including phenoxy) is 2. The molecule has 0 amide bonds. The number of halogens is 1. The van der Waals surface area contributed by atoms with E-state index in [1.165, 1.54) is 0 Å². The summed E-state index contributed by atoms with van der Waals surface area (Å²) in [5, 5.41) is 9.45.